The van der Waals surface area contributed by atoms with Gasteiger partial charge in [0.25, 0.3) is 5.92 Å². The van der Waals surface area contributed by atoms with Crippen molar-refractivity contribution < 1.29 is 18.3 Å². The number of ether oxygens (including phenoxy) is 1. The van der Waals surface area contributed by atoms with Crippen molar-refractivity contribution in [3.63, 3.8) is 0 Å². The van der Waals surface area contributed by atoms with Crippen molar-refractivity contribution in [3.8, 4) is 23.0 Å². The second kappa shape index (κ2) is 9.61. The van der Waals surface area contributed by atoms with Gasteiger partial charge in [-0.3, -0.25) is 4.79 Å². The number of hydrogen-bond donors (Lipinski definition) is 0. The minimum Gasteiger partial charge on any atom is -0.480 e. The molecule has 0 radical (unpaired) electrons. The average molecular weight is 547 g/mol. The lowest BCUT2D eigenvalue weighted by Gasteiger charge is -2.34. The summed E-state index contributed by atoms with van der Waals surface area (Å²) in [7, 11) is 3.27. The molecule has 0 saturated heterocycles. The number of carbonyl (C=O) groups is 1. The van der Waals surface area contributed by atoms with Crippen molar-refractivity contribution in [2.45, 2.75) is 45.1 Å². The number of hydrogen-bond acceptors (Lipinski definition) is 8. The van der Waals surface area contributed by atoms with Crippen molar-refractivity contribution in [1.29, 1.82) is 0 Å². The summed E-state index contributed by atoms with van der Waals surface area (Å²) < 4.78 is 34.6. The summed E-state index contributed by atoms with van der Waals surface area (Å²) in [6, 6.07) is 8.82. The predicted octanol–water partition coefficient (Wildman–Crippen LogP) is 4.41. The highest BCUT2D eigenvalue weighted by Gasteiger charge is 2.34. The smallest absolute Gasteiger partial charge is 0.288 e. The third kappa shape index (κ3) is 4.63. The van der Waals surface area contributed by atoms with Crippen LogP contribution in [0.4, 0.5) is 20.3 Å². The highest BCUT2D eigenvalue weighted by atomic mass is 19.3. The van der Waals surface area contributed by atoms with Crippen molar-refractivity contribution in [1.82, 2.24) is 29.7 Å². The van der Waals surface area contributed by atoms with E-state index >= 15 is 0 Å². The van der Waals surface area contributed by atoms with Gasteiger partial charge in [0.05, 0.1) is 31.2 Å². The lowest BCUT2D eigenvalue weighted by Crippen LogP contribution is -2.44. The minimum atomic E-state index is -3.02. The normalized spacial score (nSPS) is 15.4. The number of rotatable bonds is 7. The number of benzene rings is 1. The lowest BCUT2D eigenvalue weighted by molar-refractivity contribution is -0.117. The second-order valence-corrected chi connectivity index (χ2v) is 10.3. The molecule has 10 nitrogen and oxygen atoms in total. The number of methoxy groups -OCH3 is 1. The van der Waals surface area contributed by atoms with Gasteiger partial charge >= 0.3 is 0 Å². The molecule has 1 saturated carbocycles. The Morgan fingerprint density at radius 2 is 1.88 bits per heavy atom. The summed E-state index contributed by atoms with van der Waals surface area (Å²) in [6.45, 7) is 3.10. The molecule has 4 aromatic rings. The first kappa shape index (κ1) is 25.8. The number of likely N-dealkylation sites (N-methyl/N-ethyl adjacent to an activating group) is 1. The first-order valence-electron chi connectivity index (χ1n) is 13.0. The number of nitrogens with zero attached hydrogens (tertiary/aromatic N) is 8. The molecule has 12 heteroatoms. The Hall–Kier alpha value is -4.48. The van der Waals surface area contributed by atoms with Crippen molar-refractivity contribution in [2.75, 3.05) is 30.5 Å². The molecule has 1 aliphatic heterocycles. The Balaban J connectivity index is 1.33. The van der Waals surface area contributed by atoms with E-state index in [4.69, 9.17) is 9.72 Å². The lowest BCUT2D eigenvalue weighted by atomic mass is 10.1. The van der Waals surface area contributed by atoms with E-state index in [1.165, 1.54) is 17.1 Å². The zero-order valence-electron chi connectivity index (χ0n) is 22.6. The third-order valence-electron chi connectivity index (χ3n) is 7.23. The van der Waals surface area contributed by atoms with E-state index in [1.807, 2.05) is 29.2 Å². The van der Waals surface area contributed by atoms with Crippen LogP contribution in [-0.2, 0) is 17.3 Å². The summed E-state index contributed by atoms with van der Waals surface area (Å²) in [5.41, 5.74) is 4.05. The SMILES string of the molecule is COc1ncnc(C2CC2)c1-c1ncc2c(n1)N(Cc1ccc(-n3nc(C(C)(F)F)cc3C)cc1)CC(=O)N2C. The van der Waals surface area contributed by atoms with Crippen LogP contribution in [0.5, 0.6) is 5.88 Å². The number of aryl methyl sites for hydroxylation is 1. The maximum absolute atomic E-state index is 13.8. The Kier molecular flexibility index (Phi) is 6.20. The highest BCUT2D eigenvalue weighted by Crippen LogP contribution is 2.45. The molecule has 0 unspecified atom stereocenters. The maximum Gasteiger partial charge on any atom is 0.288 e. The maximum atomic E-state index is 13.8. The fourth-order valence-corrected chi connectivity index (χ4v) is 4.89. The molecule has 6 rings (SSSR count). The van der Waals surface area contributed by atoms with Crippen LogP contribution >= 0.6 is 0 Å². The van der Waals surface area contributed by atoms with Crippen LogP contribution < -0.4 is 14.5 Å². The van der Waals surface area contributed by atoms with E-state index in [2.05, 4.69) is 20.1 Å². The van der Waals surface area contributed by atoms with Gasteiger partial charge in [0.2, 0.25) is 11.8 Å². The minimum absolute atomic E-state index is 0.0834. The molecule has 1 aliphatic carbocycles. The highest BCUT2D eigenvalue weighted by molar-refractivity contribution is 6.02. The molecule has 1 aromatic carbocycles. The Bertz CT molecular complexity index is 1600. The molecular formula is C28H28F2N8O2. The van der Waals surface area contributed by atoms with E-state index in [0.717, 1.165) is 31.0 Å². The van der Waals surface area contributed by atoms with Gasteiger partial charge in [0, 0.05) is 32.1 Å². The van der Waals surface area contributed by atoms with Crippen molar-refractivity contribution in [3.05, 3.63) is 65.5 Å². The van der Waals surface area contributed by atoms with E-state index in [9.17, 15) is 13.6 Å². The van der Waals surface area contributed by atoms with Crippen LogP contribution in [0.15, 0.2) is 42.9 Å². The number of halogens is 2. The number of alkyl halides is 2. The standard InChI is InChI=1S/C28H28F2N8O2/c1-16-11-21(28(2,29)30)35-38(16)19-9-5-17(6-10-19)13-37-14-22(39)36(3)20-12-31-25(34-26(20)37)23-24(18-7-8-18)32-15-33-27(23)40-4/h5-6,9-12,15,18H,7-8,13-14H2,1-4H3. The molecule has 206 valence electrons. The van der Waals surface area contributed by atoms with Gasteiger partial charge < -0.3 is 14.5 Å². The number of fused-ring (bicyclic) bond motifs is 1. The number of carbonyl (C=O) groups excluding carboxylic acids is 1. The molecule has 0 atom stereocenters. The zero-order chi connectivity index (χ0) is 28.2. The molecule has 2 aliphatic rings. The van der Waals surface area contributed by atoms with Crippen LogP contribution in [0, 0.1) is 6.92 Å². The summed E-state index contributed by atoms with van der Waals surface area (Å²) in [5, 5.41) is 4.09. The number of amides is 1. The first-order chi connectivity index (χ1) is 19.1. The summed E-state index contributed by atoms with van der Waals surface area (Å²) in [4.78, 5) is 34.6. The fraction of sp³-hybridized carbons (Fsp3) is 0.357. The molecule has 3 aromatic heterocycles. The Labute approximate surface area is 229 Å². The number of anilines is 2. The van der Waals surface area contributed by atoms with Gasteiger partial charge in [-0.2, -0.15) is 13.9 Å². The van der Waals surface area contributed by atoms with E-state index in [0.29, 0.717) is 52.6 Å². The van der Waals surface area contributed by atoms with Gasteiger partial charge in [0.15, 0.2) is 11.6 Å². The molecule has 40 heavy (non-hydrogen) atoms. The topological polar surface area (TPSA) is 102 Å². The van der Waals surface area contributed by atoms with Gasteiger partial charge in [0.1, 0.15) is 23.3 Å². The van der Waals surface area contributed by atoms with Crippen LogP contribution in [0.2, 0.25) is 0 Å². The van der Waals surface area contributed by atoms with E-state index in [1.54, 1.807) is 32.2 Å². The molecule has 4 heterocycles. The average Bonchev–Trinajstić information content (AvgIpc) is 3.71. The van der Waals surface area contributed by atoms with Crippen LogP contribution in [0.1, 0.15) is 48.3 Å². The monoisotopic (exact) mass is 546 g/mol. The molecular weight excluding hydrogens is 518 g/mol. The van der Waals surface area contributed by atoms with Gasteiger partial charge in [-0.05, 0) is 43.5 Å². The zero-order valence-corrected chi connectivity index (χ0v) is 22.6. The molecule has 1 amide bonds. The summed E-state index contributed by atoms with van der Waals surface area (Å²) >= 11 is 0. The molecule has 0 bridgehead atoms. The van der Waals surface area contributed by atoms with E-state index in [-0.39, 0.29) is 18.1 Å². The molecule has 0 N–H and O–H groups in total. The Morgan fingerprint density at radius 3 is 2.52 bits per heavy atom. The van der Waals surface area contributed by atoms with Crippen molar-refractivity contribution >= 4 is 17.4 Å². The van der Waals surface area contributed by atoms with Crippen LogP contribution in [0.25, 0.3) is 17.1 Å². The van der Waals surface area contributed by atoms with Crippen LogP contribution in [-0.4, -0.2) is 56.3 Å². The largest absolute Gasteiger partial charge is 0.480 e. The molecule has 0 spiro atoms. The van der Waals surface area contributed by atoms with Crippen LogP contribution in [0.3, 0.4) is 0 Å². The number of aromatic nitrogens is 6. The summed E-state index contributed by atoms with van der Waals surface area (Å²) in [5.74, 6) is -1.31. The first-order valence-corrected chi connectivity index (χ1v) is 13.0. The Morgan fingerprint density at radius 1 is 1.12 bits per heavy atom. The summed E-state index contributed by atoms with van der Waals surface area (Å²) in [6.07, 6.45) is 5.22. The second-order valence-electron chi connectivity index (χ2n) is 10.3. The predicted molar refractivity (Wildman–Crippen MR) is 144 cm³/mol. The third-order valence-corrected chi connectivity index (χ3v) is 7.23. The fourth-order valence-electron chi connectivity index (χ4n) is 4.89. The van der Waals surface area contributed by atoms with Gasteiger partial charge in [-0.1, -0.05) is 12.1 Å². The quantitative estimate of drug-likeness (QED) is 0.336. The van der Waals surface area contributed by atoms with Crippen molar-refractivity contribution in [2.24, 2.45) is 0 Å². The van der Waals surface area contributed by atoms with Gasteiger partial charge in [-0.25, -0.2) is 24.6 Å². The molecule has 1 fully saturated rings. The van der Waals surface area contributed by atoms with E-state index < -0.39 is 5.92 Å². The van der Waals surface area contributed by atoms with Gasteiger partial charge in [-0.15, -0.1) is 0 Å².